The highest BCUT2D eigenvalue weighted by Crippen LogP contribution is 2.27. The second-order valence-corrected chi connectivity index (χ2v) is 5.47. The second-order valence-electron chi connectivity index (χ2n) is 5.47. The molecule has 0 amide bonds. The van der Waals surface area contributed by atoms with E-state index < -0.39 is 0 Å². The summed E-state index contributed by atoms with van der Waals surface area (Å²) in [7, 11) is 0. The van der Waals surface area contributed by atoms with Crippen molar-refractivity contribution in [3.8, 4) is 0 Å². The Morgan fingerprint density at radius 1 is 1.21 bits per heavy atom. The molecule has 3 N–H and O–H groups in total. The fraction of sp³-hybridized carbons (Fsp3) is 1.00. The third-order valence-electron chi connectivity index (χ3n) is 3.89. The van der Waals surface area contributed by atoms with E-state index in [4.69, 9.17) is 5.73 Å². The summed E-state index contributed by atoms with van der Waals surface area (Å²) >= 11 is 0. The maximum atomic E-state index is 5.97. The molecule has 2 unspecified atom stereocenters. The molecular weight excluding hydrogens is 172 g/mol. The minimum atomic E-state index is 0.482. The molecule has 0 bridgehead atoms. The summed E-state index contributed by atoms with van der Waals surface area (Å²) in [5, 5.41) is 3.68. The zero-order valence-electron chi connectivity index (χ0n) is 9.34. The van der Waals surface area contributed by atoms with E-state index in [-0.39, 0.29) is 0 Å². The SMILES string of the molecule is CC1CC(NCC2CCCC(N)C2)C1. The van der Waals surface area contributed by atoms with E-state index in [2.05, 4.69) is 12.2 Å². The highest BCUT2D eigenvalue weighted by Gasteiger charge is 2.26. The van der Waals surface area contributed by atoms with Crippen LogP contribution >= 0.6 is 0 Å². The second kappa shape index (κ2) is 4.63. The molecular formula is C12H24N2. The van der Waals surface area contributed by atoms with Crippen molar-refractivity contribution in [3.63, 3.8) is 0 Å². The van der Waals surface area contributed by atoms with Crippen LogP contribution in [0.2, 0.25) is 0 Å². The van der Waals surface area contributed by atoms with Gasteiger partial charge in [0, 0.05) is 12.1 Å². The van der Waals surface area contributed by atoms with Crippen molar-refractivity contribution in [2.24, 2.45) is 17.6 Å². The van der Waals surface area contributed by atoms with Crippen molar-refractivity contribution in [2.75, 3.05) is 6.54 Å². The van der Waals surface area contributed by atoms with Crippen LogP contribution in [0, 0.1) is 11.8 Å². The number of hydrogen-bond donors (Lipinski definition) is 2. The van der Waals surface area contributed by atoms with Gasteiger partial charge in [0.05, 0.1) is 0 Å². The van der Waals surface area contributed by atoms with Gasteiger partial charge < -0.3 is 11.1 Å². The van der Waals surface area contributed by atoms with Gasteiger partial charge in [-0.2, -0.15) is 0 Å². The van der Waals surface area contributed by atoms with Gasteiger partial charge in [-0.3, -0.25) is 0 Å². The van der Waals surface area contributed by atoms with Crippen LogP contribution in [0.5, 0.6) is 0 Å². The topological polar surface area (TPSA) is 38.0 Å². The van der Waals surface area contributed by atoms with E-state index >= 15 is 0 Å². The van der Waals surface area contributed by atoms with Crippen molar-refractivity contribution < 1.29 is 0 Å². The van der Waals surface area contributed by atoms with Gasteiger partial charge >= 0.3 is 0 Å². The van der Waals surface area contributed by atoms with Gasteiger partial charge in [-0.05, 0) is 50.5 Å². The van der Waals surface area contributed by atoms with Gasteiger partial charge in [-0.1, -0.05) is 13.3 Å². The molecule has 0 saturated heterocycles. The van der Waals surface area contributed by atoms with Crippen LogP contribution < -0.4 is 11.1 Å². The maximum Gasteiger partial charge on any atom is 0.00722 e. The van der Waals surface area contributed by atoms with Crippen LogP contribution in [0.15, 0.2) is 0 Å². The van der Waals surface area contributed by atoms with E-state index in [0.717, 1.165) is 17.9 Å². The van der Waals surface area contributed by atoms with Gasteiger partial charge in [0.2, 0.25) is 0 Å². The summed E-state index contributed by atoms with van der Waals surface area (Å²) in [5.74, 6) is 1.82. The number of rotatable bonds is 3. The van der Waals surface area contributed by atoms with Crippen molar-refractivity contribution in [2.45, 2.75) is 57.5 Å². The van der Waals surface area contributed by atoms with Crippen LogP contribution in [0.4, 0.5) is 0 Å². The maximum absolute atomic E-state index is 5.97. The van der Waals surface area contributed by atoms with Gasteiger partial charge in [0.1, 0.15) is 0 Å². The highest BCUT2D eigenvalue weighted by molar-refractivity contribution is 4.84. The first kappa shape index (κ1) is 10.4. The van der Waals surface area contributed by atoms with E-state index in [1.807, 2.05) is 0 Å². The number of nitrogens with two attached hydrogens (primary N) is 1. The molecule has 2 rings (SSSR count). The van der Waals surface area contributed by atoms with E-state index in [1.54, 1.807) is 0 Å². The van der Waals surface area contributed by atoms with Crippen LogP contribution in [0.1, 0.15) is 45.4 Å². The van der Waals surface area contributed by atoms with E-state index in [9.17, 15) is 0 Å². The van der Waals surface area contributed by atoms with Gasteiger partial charge in [-0.25, -0.2) is 0 Å². The van der Waals surface area contributed by atoms with Gasteiger partial charge in [0.25, 0.3) is 0 Å². The molecule has 2 saturated carbocycles. The molecule has 2 fully saturated rings. The predicted octanol–water partition coefficient (Wildman–Crippen LogP) is 1.89. The monoisotopic (exact) mass is 196 g/mol. The molecule has 0 aromatic carbocycles. The van der Waals surface area contributed by atoms with Crippen LogP contribution in [-0.2, 0) is 0 Å². The molecule has 2 aliphatic rings. The predicted molar refractivity (Wildman–Crippen MR) is 60.1 cm³/mol. The zero-order valence-corrected chi connectivity index (χ0v) is 9.34. The normalized spacial score (nSPS) is 43.3. The molecule has 0 spiro atoms. The average molecular weight is 196 g/mol. The lowest BCUT2D eigenvalue weighted by molar-refractivity contribution is 0.216. The van der Waals surface area contributed by atoms with E-state index in [0.29, 0.717) is 6.04 Å². The van der Waals surface area contributed by atoms with Crippen LogP contribution in [0.25, 0.3) is 0 Å². The molecule has 0 aliphatic heterocycles. The molecule has 0 aromatic rings. The summed E-state index contributed by atoms with van der Waals surface area (Å²) < 4.78 is 0. The van der Waals surface area contributed by atoms with Crippen molar-refractivity contribution in [1.29, 1.82) is 0 Å². The van der Waals surface area contributed by atoms with Crippen molar-refractivity contribution in [3.05, 3.63) is 0 Å². The summed E-state index contributed by atoms with van der Waals surface area (Å²) in [6.45, 7) is 3.56. The third kappa shape index (κ3) is 2.71. The molecule has 0 aromatic heterocycles. The molecule has 2 aliphatic carbocycles. The lowest BCUT2D eigenvalue weighted by Gasteiger charge is -2.36. The summed E-state index contributed by atoms with van der Waals surface area (Å²) in [4.78, 5) is 0. The Labute approximate surface area is 87.6 Å². The standard InChI is InChI=1S/C12H24N2/c1-9-5-12(6-9)14-8-10-3-2-4-11(13)7-10/h9-12,14H,2-8,13H2,1H3. The molecule has 2 nitrogen and oxygen atoms in total. The quantitative estimate of drug-likeness (QED) is 0.723. The Balaban J connectivity index is 1.60. The summed E-state index contributed by atoms with van der Waals surface area (Å²) in [5.41, 5.74) is 5.97. The van der Waals surface area contributed by atoms with Crippen molar-refractivity contribution >= 4 is 0 Å². The Kier molecular flexibility index (Phi) is 3.45. The Hall–Kier alpha value is -0.0800. The smallest absolute Gasteiger partial charge is 0.00722 e. The number of nitrogens with one attached hydrogen (secondary N) is 1. The lowest BCUT2D eigenvalue weighted by Crippen LogP contribution is -2.43. The molecule has 2 heteroatoms. The largest absolute Gasteiger partial charge is 0.328 e. The van der Waals surface area contributed by atoms with Crippen molar-refractivity contribution in [1.82, 2.24) is 5.32 Å². The molecule has 0 heterocycles. The van der Waals surface area contributed by atoms with Gasteiger partial charge in [-0.15, -0.1) is 0 Å². The van der Waals surface area contributed by atoms with Crippen LogP contribution in [0.3, 0.4) is 0 Å². The Morgan fingerprint density at radius 2 is 2.00 bits per heavy atom. The first-order valence-corrected chi connectivity index (χ1v) is 6.23. The first-order valence-electron chi connectivity index (χ1n) is 6.23. The summed E-state index contributed by atoms with van der Waals surface area (Å²) in [6.07, 6.45) is 8.00. The van der Waals surface area contributed by atoms with Gasteiger partial charge in [0.15, 0.2) is 0 Å². The zero-order chi connectivity index (χ0) is 9.97. The lowest BCUT2D eigenvalue weighted by atomic mass is 9.81. The van der Waals surface area contributed by atoms with Crippen LogP contribution in [-0.4, -0.2) is 18.6 Å². The first-order chi connectivity index (χ1) is 6.74. The Morgan fingerprint density at radius 3 is 2.64 bits per heavy atom. The highest BCUT2D eigenvalue weighted by atomic mass is 14.9. The fourth-order valence-corrected chi connectivity index (χ4v) is 2.92. The fourth-order valence-electron chi connectivity index (χ4n) is 2.92. The molecule has 82 valence electrons. The molecule has 14 heavy (non-hydrogen) atoms. The Bertz CT molecular complexity index is 175. The summed E-state index contributed by atoms with van der Waals surface area (Å²) in [6, 6.07) is 1.30. The molecule has 0 radical (unpaired) electrons. The molecule has 2 atom stereocenters. The minimum absolute atomic E-state index is 0.482. The minimum Gasteiger partial charge on any atom is -0.328 e. The average Bonchev–Trinajstić information content (AvgIpc) is 2.11. The number of hydrogen-bond acceptors (Lipinski definition) is 2. The third-order valence-corrected chi connectivity index (χ3v) is 3.89. The van der Waals surface area contributed by atoms with E-state index in [1.165, 1.54) is 45.1 Å².